The summed E-state index contributed by atoms with van der Waals surface area (Å²) in [5.41, 5.74) is 5.00. The van der Waals surface area contributed by atoms with E-state index in [0.29, 0.717) is 6.42 Å². The van der Waals surface area contributed by atoms with Gasteiger partial charge in [0.2, 0.25) is 0 Å². The molecule has 3 N–H and O–H groups in total. The fourth-order valence-electron chi connectivity index (χ4n) is 2.51. The average Bonchev–Trinajstić information content (AvgIpc) is 2.98. The van der Waals surface area contributed by atoms with E-state index in [1.54, 1.807) is 11.8 Å². The quantitative estimate of drug-likeness (QED) is 0.783. The number of aromatic nitrogens is 2. The number of thioether (sulfide) groups is 1. The van der Waals surface area contributed by atoms with Crippen molar-refractivity contribution >= 4 is 29.3 Å². The van der Waals surface area contributed by atoms with Crippen LogP contribution >= 0.6 is 23.3 Å². The third-order valence-corrected chi connectivity index (χ3v) is 5.63. The minimum absolute atomic E-state index is 0.0797. The number of rotatable bonds is 6. The first-order valence-electron chi connectivity index (χ1n) is 6.54. The molecule has 1 aromatic rings. The summed E-state index contributed by atoms with van der Waals surface area (Å²) in [7, 11) is 0. The van der Waals surface area contributed by atoms with Crippen molar-refractivity contribution in [3.63, 3.8) is 0 Å². The highest BCUT2D eigenvalue weighted by Crippen LogP contribution is 2.37. The standard InChI is InChI=1S/C12H19N3O2S2/c1-2-9-14-11(19-15-9)18-7-5-8-4-3-6-12(8,13)10(16)17/h8H,2-7,13H2,1H3,(H,16,17). The van der Waals surface area contributed by atoms with Gasteiger partial charge in [-0.2, -0.15) is 4.37 Å². The summed E-state index contributed by atoms with van der Waals surface area (Å²) in [5, 5.41) is 9.24. The molecule has 1 heterocycles. The zero-order valence-electron chi connectivity index (χ0n) is 11.0. The van der Waals surface area contributed by atoms with E-state index in [1.807, 2.05) is 6.92 Å². The summed E-state index contributed by atoms with van der Waals surface area (Å²) < 4.78 is 5.20. The van der Waals surface area contributed by atoms with Crippen molar-refractivity contribution in [2.75, 3.05) is 5.75 Å². The third kappa shape index (κ3) is 3.27. The van der Waals surface area contributed by atoms with Crippen molar-refractivity contribution in [3.8, 4) is 0 Å². The number of carbonyl (C=O) groups is 1. The van der Waals surface area contributed by atoms with Crippen LogP contribution in [-0.2, 0) is 11.2 Å². The Morgan fingerprint density at radius 2 is 2.47 bits per heavy atom. The number of hydrogen-bond acceptors (Lipinski definition) is 6. The Balaban J connectivity index is 1.83. The fourth-order valence-corrected chi connectivity index (χ4v) is 4.33. The van der Waals surface area contributed by atoms with Crippen LogP contribution in [-0.4, -0.2) is 31.7 Å². The smallest absolute Gasteiger partial charge is 0.323 e. The molecule has 1 aliphatic rings. The Bertz CT molecular complexity index is 452. The highest BCUT2D eigenvalue weighted by atomic mass is 32.2. The molecule has 1 aromatic heterocycles. The molecule has 0 amide bonds. The largest absolute Gasteiger partial charge is 0.480 e. The van der Waals surface area contributed by atoms with E-state index in [-0.39, 0.29) is 5.92 Å². The van der Waals surface area contributed by atoms with Crippen LogP contribution in [0.15, 0.2) is 4.34 Å². The van der Waals surface area contributed by atoms with Crippen LogP contribution in [0.3, 0.4) is 0 Å². The molecule has 2 unspecified atom stereocenters. The Labute approximate surface area is 121 Å². The molecule has 0 saturated heterocycles. The molecule has 0 spiro atoms. The summed E-state index contributed by atoms with van der Waals surface area (Å²) in [6, 6.07) is 0. The van der Waals surface area contributed by atoms with Crippen LogP contribution in [0, 0.1) is 5.92 Å². The van der Waals surface area contributed by atoms with Crippen molar-refractivity contribution in [2.45, 2.75) is 48.9 Å². The van der Waals surface area contributed by atoms with Gasteiger partial charge < -0.3 is 10.8 Å². The maximum absolute atomic E-state index is 11.3. The molecule has 19 heavy (non-hydrogen) atoms. The lowest BCUT2D eigenvalue weighted by Crippen LogP contribution is -2.51. The van der Waals surface area contributed by atoms with Gasteiger partial charge >= 0.3 is 5.97 Å². The first-order valence-corrected chi connectivity index (χ1v) is 8.30. The normalized spacial score (nSPS) is 26.7. The number of aliphatic carboxylic acids is 1. The van der Waals surface area contributed by atoms with Gasteiger partial charge in [-0.3, -0.25) is 4.79 Å². The van der Waals surface area contributed by atoms with Gasteiger partial charge in [-0.25, -0.2) is 4.98 Å². The molecule has 1 saturated carbocycles. The zero-order chi connectivity index (χ0) is 13.9. The number of hydrogen-bond donors (Lipinski definition) is 2. The lowest BCUT2D eigenvalue weighted by atomic mass is 9.86. The number of carboxylic acids is 1. The van der Waals surface area contributed by atoms with Gasteiger partial charge in [0.25, 0.3) is 0 Å². The molecular weight excluding hydrogens is 282 g/mol. The predicted octanol–water partition coefficient (Wildman–Crippen LogP) is 2.16. The third-order valence-electron chi connectivity index (χ3n) is 3.73. The molecule has 1 fully saturated rings. The molecule has 7 heteroatoms. The second-order valence-electron chi connectivity index (χ2n) is 4.90. The SMILES string of the molecule is CCc1nsc(SCCC2CCCC2(N)C(=O)O)n1. The second kappa shape index (κ2) is 6.19. The van der Waals surface area contributed by atoms with E-state index in [2.05, 4.69) is 9.36 Å². The van der Waals surface area contributed by atoms with Gasteiger partial charge in [-0.15, -0.1) is 0 Å². The number of carboxylic acid groups (broad SMARTS) is 1. The Kier molecular flexibility index (Phi) is 4.81. The van der Waals surface area contributed by atoms with E-state index in [1.165, 1.54) is 11.5 Å². The Hall–Kier alpha value is -0.660. The molecule has 0 radical (unpaired) electrons. The minimum Gasteiger partial charge on any atom is -0.480 e. The van der Waals surface area contributed by atoms with E-state index in [0.717, 1.165) is 41.6 Å². The molecule has 0 aliphatic heterocycles. The molecule has 0 aromatic carbocycles. The van der Waals surface area contributed by atoms with Crippen molar-refractivity contribution < 1.29 is 9.90 Å². The summed E-state index contributed by atoms with van der Waals surface area (Å²) in [4.78, 5) is 15.6. The van der Waals surface area contributed by atoms with Gasteiger partial charge in [-0.1, -0.05) is 25.1 Å². The number of nitrogens with zero attached hydrogens (tertiary/aromatic N) is 2. The number of aryl methyl sites for hydroxylation is 1. The summed E-state index contributed by atoms with van der Waals surface area (Å²) >= 11 is 3.07. The van der Waals surface area contributed by atoms with Crippen molar-refractivity contribution in [1.29, 1.82) is 0 Å². The molecule has 106 valence electrons. The summed E-state index contributed by atoms with van der Waals surface area (Å²) in [5.74, 6) is 0.960. The highest BCUT2D eigenvalue weighted by Gasteiger charge is 2.45. The first kappa shape index (κ1) is 14.7. The number of nitrogens with two attached hydrogens (primary N) is 1. The average molecular weight is 301 g/mol. The lowest BCUT2D eigenvalue weighted by molar-refractivity contribution is -0.144. The molecule has 1 aliphatic carbocycles. The zero-order valence-corrected chi connectivity index (χ0v) is 12.6. The molecular formula is C12H19N3O2S2. The van der Waals surface area contributed by atoms with Crippen LogP contribution in [0.25, 0.3) is 0 Å². The summed E-state index contributed by atoms with van der Waals surface area (Å²) in [6.45, 7) is 2.03. The van der Waals surface area contributed by atoms with E-state index in [4.69, 9.17) is 5.73 Å². The van der Waals surface area contributed by atoms with Crippen molar-refractivity contribution in [3.05, 3.63) is 5.82 Å². The molecule has 0 bridgehead atoms. The predicted molar refractivity (Wildman–Crippen MR) is 76.5 cm³/mol. The van der Waals surface area contributed by atoms with E-state index >= 15 is 0 Å². The van der Waals surface area contributed by atoms with Crippen LogP contribution in [0.1, 0.15) is 38.4 Å². The van der Waals surface area contributed by atoms with Gasteiger partial charge in [0.15, 0.2) is 4.34 Å². The van der Waals surface area contributed by atoms with E-state index in [9.17, 15) is 9.90 Å². The van der Waals surface area contributed by atoms with Crippen molar-refractivity contribution in [2.24, 2.45) is 11.7 Å². The van der Waals surface area contributed by atoms with Crippen LogP contribution < -0.4 is 5.73 Å². The van der Waals surface area contributed by atoms with Gasteiger partial charge in [0.1, 0.15) is 11.4 Å². The van der Waals surface area contributed by atoms with Crippen LogP contribution in [0.2, 0.25) is 0 Å². The Morgan fingerprint density at radius 1 is 1.68 bits per heavy atom. The van der Waals surface area contributed by atoms with E-state index < -0.39 is 11.5 Å². The topological polar surface area (TPSA) is 89.1 Å². The minimum atomic E-state index is -1.02. The first-order chi connectivity index (χ1) is 9.06. The second-order valence-corrected chi connectivity index (χ2v) is 7.00. The maximum atomic E-state index is 11.3. The van der Waals surface area contributed by atoms with Gasteiger partial charge in [0, 0.05) is 12.2 Å². The van der Waals surface area contributed by atoms with Gasteiger partial charge in [0.05, 0.1) is 0 Å². The molecule has 2 atom stereocenters. The van der Waals surface area contributed by atoms with Crippen molar-refractivity contribution in [1.82, 2.24) is 9.36 Å². The highest BCUT2D eigenvalue weighted by molar-refractivity contribution is 8.00. The van der Waals surface area contributed by atoms with Crippen LogP contribution in [0.4, 0.5) is 0 Å². The van der Waals surface area contributed by atoms with Crippen LogP contribution in [0.5, 0.6) is 0 Å². The summed E-state index contributed by atoms with van der Waals surface area (Å²) in [6.07, 6.45) is 4.10. The monoisotopic (exact) mass is 301 g/mol. The molecule has 2 rings (SSSR count). The fraction of sp³-hybridized carbons (Fsp3) is 0.750. The van der Waals surface area contributed by atoms with Gasteiger partial charge in [-0.05, 0) is 36.7 Å². The lowest BCUT2D eigenvalue weighted by Gasteiger charge is -2.26. The molecule has 5 nitrogen and oxygen atoms in total. The Morgan fingerprint density at radius 3 is 3.11 bits per heavy atom. The maximum Gasteiger partial charge on any atom is 0.323 e.